The molecule has 0 rings (SSSR count). The molecule has 0 aliphatic rings. The number of hydrogen-bond acceptors (Lipinski definition) is 3. The number of rotatable bonds is 8. The van der Waals surface area contributed by atoms with Gasteiger partial charge >= 0.3 is 6.18 Å². The van der Waals surface area contributed by atoms with Crippen LogP contribution >= 0.6 is 0 Å². The van der Waals surface area contributed by atoms with Gasteiger partial charge in [-0.1, -0.05) is 13.8 Å². The third-order valence-electron chi connectivity index (χ3n) is 3.21. The highest BCUT2D eigenvalue weighted by Crippen LogP contribution is 2.28. The van der Waals surface area contributed by atoms with Crippen molar-refractivity contribution >= 4 is 0 Å². The summed E-state index contributed by atoms with van der Waals surface area (Å²) in [5.41, 5.74) is -0.513. The molecule has 3 nitrogen and oxygen atoms in total. The van der Waals surface area contributed by atoms with Crippen molar-refractivity contribution in [1.29, 1.82) is 0 Å². The number of nitrogens with zero attached hydrogens (tertiary/aromatic N) is 1. The van der Waals surface area contributed by atoms with Gasteiger partial charge in [-0.15, -0.1) is 0 Å². The van der Waals surface area contributed by atoms with Crippen LogP contribution < -0.4 is 0 Å². The molecule has 0 amide bonds. The molecule has 0 fully saturated rings. The second kappa shape index (κ2) is 7.18. The van der Waals surface area contributed by atoms with Gasteiger partial charge in [0.05, 0.1) is 13.2 Å². The maximum atomic E-state index is 12.3. The Bertz CT molecular complexity index is 197. The molecule has 17 heavy (non-hydrogen) atoms. The van der Waals surface area contributed by atoms with Crippen molar-refractivity contribution in [1.82, 2.24) is 4.90 Å². The topological polar surface area (TPSA) is 43.7 Å². The summed E-state index contributed by atoms with van der Waals surface area (Å²) in [5.74, 6) is 0. The summed E-state index contributed by atoms with van der Waals surface area (Å²) >= 11 is 0. The Kier molecular flexibility index (Phi) is 7.04. The van der Waals surface area contributed by atoms with E-state index in [2.05, 4.69) is 0 Å². The van der Waals surface area contributed by atoms with Crippen LogP contribution in [0.5, 0.6) is 0 Å². The molecule has 0 aliphatic heterocycles. The molecule has 0 radical (unpaired) electrons. The second-order valence-corrected chi connectivity index (χ2v) is 4.41. The van der Waals surface area contributed by atoms with Gasteiger partial charge in [-0.3, -0.25) is 4.90 Å². The molecule has 0 saturated carbocycles. The highest BCUT2D eigenvalue weighted by molar-refractivity contribution is 4.81. The van der Waals surface area contributed by atoms with Crippen molar-refractivity contribution in [2.45, 2.75) is 32.9 Å². The first-order valence-corrected chi connectivity index (χ1v) is 5.83. The first-order chi connectivity index (χ1) is 7.82. The largest absolute Gasteiger partial charge is 0.401 e. The molecule has 104 valence electrons. The highest BCUT2D eigenvalue weighted by Gasteiger charge is 2.35. The Morgan fingerprint density at radius 3 is 1.82 bits per heavy atom. The van der Waals surface area contributed by atoms with Crippen LogP contribution in [-0.2, 0) is 0 Å². The molecule has 6 heteroatoms. The van der Waals surface area contributed by atoms with E-state index in [-0.39, 0.29) is 26.3 Å². The average Bonchev–Trinajstić information content (AvgIpc) is 2.24. The minimum Gasteiger partial charge on any atom is -0.396 e. The van der Waals surface area contributed by atoms with E-state index in [9.17, 15) is 18.3 Å². The fourth-order valence-corrected chi connectivity index (χ4v) is 1.83. The molecular formula is C11H22F3NO2. The Hall–Kier alpha value is -0.330. The minimum atomic E-state index is -4.28. The van der Waals surface area contributed by atoms with Crippen molar-refractivity contribution in [3.63, 3.8) is 0 Å². The summed E-state index contributed by atoms with van der Waals surface area (Å²) in [6, 6.07) is 0. The Morgan fingerprint density at radius 2 is 1.53 bits per heavy atom. The van der Waals surface area contributed by atoms with E-state index in [1.54, 1.807) is 0 Å². The Labute approximate surface area is 100 Å². The van der Waals surface area contributed by atoms with Crippen LogP contribution in [0.15, 0.2) is 0 Å². The summed E-state index contributed by atoms with van der Waals surface area (Å²) in [6.45, 7) is 2.33. The molecule has 0 aromatic rings. The molecule has 0 bridgehead atoms. The van der Waals surface area contributed by atoms with Crippen LogP contribution in [0.25, 0.3) is 0 Å². The van der Waals surface area contributed by atoms with Crippen molar-refractivity contribution in [3.05, 3.63) is 0 Å². The normalized spacial score (nSPS) is 13.4. The lowest BCUT2D eigenvalue weighted by Gasteiger charge is -2.35. The monoisotopic (exact) mass is 257 g/mol. The molecule has 0 unspecified atom stereocenters. The maximum absolute atomic E-state index is 12.3. The van der Waals surface area contributed by atoms with Crippen LogP contribution in [-0.4, -0.2) is 54.1 Å². The summed E-state index contributed by atoms with van der Waals surface area (Å²) in [4.78, 5) is 1.16. The predicted octanol–water partition coefficient (Wildman–Crippen LogP) is 1.64. The van der Waals surface area contributed by atoms with Crippen molar-refractivity contribution in [3.8, 4) is 0 Å². The van der Waals surface area contributed by atoms with Gasteiger partial charge in [0.1, 0.15) is 0 Å². The Balaban J connectivity index is 4.60. The SMILES string of the molecule is CCC(CC)(CO)CN(CCO)CC(F)(F)F. The third kappa shape index (κ3) is 6.24. The third-order valence-corrected chi connectivity index (χ3v) is 3.21. The van der Waals surface area contributed by atoms with E-state index in [0.717, 1.165) is 4.90 Å². The van der Waals surface area contributed by atoms with E-state index < -0.39 is 18.1 Å². The lowest BCUT2D eigenvalue weighted by Crippen LogP contribution is -2.44. The number of alkyl halides is 3. The van der Waals surface area contributed by atoms with E-state index in [0.29, 0.717) is 12.8 Å². The average molecular weight is 257 g/mol. The van der Waals surface area contributed by atoms with Gasteiger partial charge in [0.2, 0.25) is 0 Å². The van der Waals surface area contributed by atoms with Gasteiger partial charge < -0.3 is 10.2 Å². The van der Waals surface area contributed by atoms with E-state index >= 15 is 0 Å². The molecule has 0 aliphatic carbocycles. The maximum Gasteiger partial charge on any atom is 0.401 e. The number of hydrogen-bond donors (Lipinski definition) is 2. The smallest absolute Gasteiger partial charge is 0.396 e. The molecule has 0 aromatic heterocycles. The van der Waals surface area contributed by atoms with E-state index in [1.807, 2.05) is 13.8 Å². The zero-order valence-electron chi connectivity index (χ0n) is 10.4. The second-order valence-electron chi connectivity index (χ2n) is 4.41. The molecule has 0 saturated heterocycles. The standard InChI is InChI=1S/C11H22F3NO2/c1-3-10(4-2,9-17)7-15(5-6-16)8-11(12,13)14/h16-17H,3-9H2,1-2H3. The zero-order valence-corrected chi connectivity index (χ0v) is 10.4. The van der Waals surface area contributed by atoms with Gasteiger partial charge in [0.15, 0.2) is 0 Å². The quantitative estimate of drug-likeness (QED) is 0.695. The van der Waals surface area contributed by atoms with Gasteiger partial charge in [-0.25, -0.2) is 0 Å². The molecular weight excluding hydrogens is 235 g/mol. The first-order valence-electron chi connectivity index (χ1n) is 5.83. The fourth-order valence-electron chi connectivity index (χ4n) is 1.83. The van der Waals surface area contributed by atoms with E-state index in [1.165, 1.54) is 0 Å². The van der Waals surface area contributed by atoms with Crippen LogP contribution in [0.3, 0.4) is 0 Å². The van der Waals surface area contributed by atoms with Crippen molar-refractivity contribution in [2.75, 3.05) is 32.8 Å². The number of halogens is 3. The molecule has 0 spiro atoms. The fraction of sp³-hybridized carbons (Fsp3) is 1.00. The number of aliphatic hydroxyl groups is 2. The lowest BCUT2D eigenvalue weighted by atomic mass is 9.82. The van der Waals surface area contributed by atoms with Crippen LogP contribution in [0.2, 0.25) is 0 Å². The minimum absolute atomic E-state index is 0.0265. The van der Waals surface area contributed by atoms with Crippen molar-refractivity contribution < 1.29 is 23.4 Å². The van der Waals surface area contributed by atoms with Crippen LogP contribution in [0.1, 0.15) is 26.7 Å². The van der Waals surface area contributed by atoms with Gasteiger partial charge in [0.25, 0.3) is 0 Å². The lowest BCUT2D eigenvalue weighted by molar-refractivity contribution is -0.151. The molecule has 2 N–H and O–H groups in total. The number of aliphatic hydroxyl groups excluding tert-OH is 2. The zero-order chi connectivity index (χ0) is 13.5. The van der Waals surface area contributed by atoms with E-state index in [4.69, 9.17) is 5.11 Å². The van der Waals surface area contributed by atoms with Crippen LogP contribution in [0, 0.1) is 5.41 Å². The van der Waals surface area contributed by atoms with Gasteiger partial charge in [-0.05, 0) is 12.8 Å². The van der Waals surface area contributed by atoms with Crippen LogP contribution in [0.4, 0.5) is 13.2 Å². The molecule has 0 atom stereocenters. The summed E-state index contributed by atoms with van der Waals surface area (Å²) < 4.78 is 37.0. The predicted molar refractivity (Wildman–Crippen MR) is 59.7 cm³/mol. The van der Waals surface area contributed by atoms with Crippen molar-refractivity contribution in [2.24, 2.45) is 5.41 Å². The highest BCUT2D eigenvalue weighted by atomic mass is 19.4. The van der Waals surface area contributed by atoms with Gasteiger partial charge in [0, 0.05) is 25.1 Å². The summed E-state index contributed by atoms with van der Waals surface area (Å²) in [5, 5.41) is 18.1. The Morgan fingerprint density at radius 1 is 1.00 bits per heavy atom. The van der Waals surface area contributed by atoms with Gasteiger partial charge in [-0.2, -0.15) is 13.2 Å². The summed E-state index contributed by atoms with van der Waals surface area (Å²) in [6.07, 6.45) is -3.06. The molecule has 0 aromatic carbocycles. The summed E-state index contributed by atoms with van der Waals surface area (Å²) in [7, 11) is 0. The molecule has 0 heterocycles. The first kappa shape index (κ1) is 16.7.